The fourth-order valence-corrected chi connectivity index (χ4v) is 0.655. The summed E-state index contributed by atoms with van der Waals surface area (Å²) in [6.07, 6.45) is -0.873. The van der Waals surface area contributed by atoms with Crippen LogP contribution < -0.4 is 0 Å². The molecule has 3 atom stereocenters. The molecule has 3 heteroatoms. The molecule has 0 aromatic carbocycles. The van der Waals surface area contributed by atoms with Gasteiger partial charge in [0.15, 0.2) is 0 Å². The molecular formula is C6H12O3. The number of aliphatic hydroxyl groups excluding tert-OH is 1. The Labute approximate surface area is 54.3 Å². The molecule has 0 radical (unpaired) electrons. The van der Waals surface area contributed by atoms with E-state index in [0.29, 0.717) is 6.61 Å². The molecule has 0 bridgehead atoms. The van der Waals surface area contributed by atoms with Gasteiger partial charge < -0.3 is 14.9 Å². The van der Waals surface area contributed by atoms with E-state index in [1.165, 1.54) is 0 Å². The molecule has 54 valence electrons. The Balaban J connectivity index is 2.48. The molecule has 9 heavy (non-hydrogen) atoms. The van der Waals surface area contributed by atoms with Gasteiger partial charge in [0, 0.05) is 0 Å². The van der Waals surface area contributed by atoms with E-state index in [4.69, 9.17) is 9.84 Å². The van der Waals surface area contributed by atoms with Gasteiger partial charge in [-0.3, -0.25) is 0 Å². The Morgan fingerprint density at radius 2 is 2.22 bits per heavy atom. The minimum Gasteiger partial charge on any atom is -0.390 e. The molecule has 1 rings (SSSR count). The highest BCUT2D eigenvalue weighted by Crippen LogP contribution is 2.26. The van der Waals surface area contributed by atoms with Crippen LogP contribution in [0.2, 0.25) is 0 Å². The number of ether oxygens (including phenoxy) is 1. The van der Waals surface area contributed by atoms with Gasteiger partial charge in [-0.15, -0.1) is 0 Å². The molecule has 1 saturated heterocycles. The molecule has 0 aromatic heterocycles. The highest BCUT2D eigenvalue weighted by atomic mass is 16.6. The number of hydrogen-bond donors (Lipinski definition) is 2. The maximum absolute atomic E-state index is 9.36. The zero-order valence-corrected chi connectivity index (χ0v) is 5.66. The van der Waals surface area contributed by atoms with Crippen molar-refractivity contribution in [2.24, 2.45) is 0 Å². The number of hydrogen-bond acceptors (Lipinski definition) is 3. The van der Waals surface area contributed by atoms with Crippen molar-refractivity contribution in [1.29, 1.82) is 0 Å². The summed E-state index contributed by atoms with van der Waals surface area (Å²) in [6.45, 7) is 3.70. The van der Waals surface area contributed by atoms with Crippen molar-refractivity contribution >= 4 is 0 Å². The highest BCUT2D eigenvalue weighted by Gasteiger charge is 2.45. The zero-order valence-electron chi connectivity index (χ0n) is 5.66. The van der Waals surface area contributed by atoms with Gasteiger partial charge in [-0.25, -0.2) is 0 Å². The summed E-state index contributed by atoms with van der Waals surface area (Å²) in [5, 5.41) is 18.3. The second-order valence-electron chi connectivity index (χ2n) is 2.72. The topological polar surface area (TPSA) is 53.0 Å². The average molecular weight is 132 g/mol. The van der Waals surface area contributed by atoms with Gasteiger partial charge >= 0.3 is 0 Å². The highest BCUT2D eigenvalue weighted by molar-refractivity contribution is 4.94. The molecule has 2 N–H and O–H groups in total. The Kier molecular flexibility index (Phi) is 1.50. The molecule has 1 aliphatic heterocycles. The van der Waals surface area contributed by atoms with Crippen LogP contribution in [-0.2, 0) is 4.74 Å². The normalized spacial score (nSPS) is 35.3. The number of rotatable bonds is 2. The van der Waals surface area contributed by atoms with E-state index in [2.05, 4.69) is 0 Å². The maximum atomic E-state index is 9.36. The van der Waals surface area contributed by atoms with Crippen LogP contribution >= 0.6 is 0 Å². The second-order valence-corrected chi connectivity index (χ2v) is 2.72. The summed E-state index contributed by atoms with van der Waals surface area (Å²) in [4.78, 5) is 0. The van der Waals surface area contributed by atoms with Crippen molar-refractivity contribution in [3.8, 4) is 0 Å². The molecule has 1 fully saturated rings. The predicted octanol–water partition coefficient (Wildman–Crippen LogP) is -0.483. The van der Waals surface area contributed by atoms with Crippen LogP contribution in [0, 0.1) is 0 Å². The summed E-state index contributed by atoms with van der Waals surface area (Å²) in [5.41, 5.74) is -1.06. The fourth-order valence-electron chi connectivity index (χ4n) is 0.655. The van der Waals surface area contributed by atoms with E-state index in [1.807, 2.05) is 0 Å². The minimum atomic E-state index is -1.06. The lowest BCUT2D eigenvalue weighted by molar-refractivity contribution is -0.0689. The lowest BCUT2D eigenvalue weighted by atomic mass is 9.97. The molecule has 1 heterocycles. The minimum absolute atomic E-state index is 0.155. The van der Waals surface area contributed by atoms with Crippen LogP contribution in [0.4, 0.5) is 0 Å². The predicted molar refractivity (Wildman–Crippen MR) is 32.0 cm³/mol. The molecule has 0 aromatic rings. The number of epoxide rings is 1. The first-order valence-electron chi connectivity index (χ1n) is 3.07. The molecule has 3 nitrogen and oxygen atoms in total. The van der Waals surface area contributed by atoms with E-state index in [1.54, 1.807) is 13.8 Å². The van der Waals surface area contributed by atoms with E-state index < -0.39 is 11.7 Å². The van der Waals surface area contributed by atoms with Gasteiger partial charge in [0.2, 0.25) is 0 Å². The summed E-state index contributed by atoms with van der Waals surface area (Å²) in [6, 6.07) is 0. The van der Waals surface area contributed by atoms with Gasteiger partial charge in [0.05, 0.1) is 12.7 Å². The third kappa shape index (κ3) is 1.23. The maximum Gasteiger partial charge on any atom is 0.116 e. The van der Waals surface area contributed by atoms with Crippen molar-refractivity contribution in [2.45, 2.75) is 31.7 Å². The van der Waals surface area contributed by atoms with Crippen LogP contribution in [-0.4, -0.2) is 34.6 Å². The molecule has 0 amide bonds. The van der Waals surface area contributed by atoms with Gasteiger partial charge in [-0.05, 0) is 13.8 Å². The lowest BCUT2D eigenvalue weighted by Gasteiger charge is -2.23. The zero-order chi connectivity index (χ0) is 7.07. The molecule has 1 aliphatic rings. The smallest absolute Gasteiger partial charge is 0.116 e. The molecule has 0 spiro atoms. The molecule has 0 aliphatic carbocycles. The first-order chi connectivity index (χ1) is 4.05. The summed E-state index contributed by atoms with van der Waals surface area (Å²) < 4.78 is 4.82. The van der Waals surface area contributed by atoms with Gasteiger partial charge in [0.25, 0.3) is 0 Å². The fraction of sp³-hybridized carbons (Fsp3) is 1.00. The van der Waals surface area contributed by atoms with Crippen molar-refractivity contribution in [3.63, 3.8) is 0 Å². The standard InChI is InChI=1S/C6H12O3/c1-4(7)6(2,8)5-3-9-5/h4-5,7-8H,3H2,1-2H3. The Hall–Kier alpha value is -0.120. The average Bonchev–Trinajstić information content (AvgIpc) is 2.42. The molecule has 0 saturated carbocycles. The Bertz CT molecular complexity index is 101. The lowest BCUT2D eigenvalue weighted by Crippen LogP contribution is -2.42. The van der Waals surface area contributed by atoms with Gasteiger partial charge in [0.1, 0.15) is 11.7 Å². The quantitative estimate of drug-likeness (QED) is 0.499. The van der Waals surface area contributed by atoms with Crippen molar-refractivity contribution in [3.05, 3.63) is 0 Å². The monoisotopic (exact) mass is 132 g/mol. The molecule has 3 unspecified atom stereocenters. The van der Waals surface area contributed by atoms with Crippen molar-refractivity contribution in [1.82, 2.24) is 0 Å². The van der Waals surface area contributed by atoms with E-state index in [0.717, 1.165) is 0 Å². The number of aliphatic hydroxyl groups is 2. The Morgan fingerprint density at radius 3 is 2.33 bits per heavy atom. The van der Waals surface area contributed by atoms with Crippen LogP contribution in [0.15, 0.2) is 0 Å². The van der Waals surface area contributed by atoms with Crippen LogP contribution in [0.5, 0.6) is 0 Å². The largest absolute Gasteiger partial charge is 0.390 e. The van der Waals surface area contributed by atoms with Crippen LogP contribution in [0.1, 0.15) is 13.8 Å². The van der Waals surface area contributed by atoms with Gasteiger partial charge in [-0.2, -0.15) is 0 Å². The SMILES string of the molecule is CC(O)C(C)(O)C1CO1. The second kappa shape index (κ2) is 1.94. The first kappa shape index (κ1) is 6.99. The summed E-state index contributed by atoms with van der Waals surface area (Å²) in [5.74, 6) is 0. The van der Waals surface area contributed by atoms with Gasteiger partial charge in [-0.1, -0.05) is 0 Å². The van der Waals surface area contributed by atoms with Crippen molar-refractivity contribution < 1.29 is 14.9 Å². The first-order valence-corrected chi connectivity index (χ1v) is 3.07. The summed E-state index contributed by atoms with van der Waals surface area (Å²) >= 11 is 0. The van der Waals surface area contributed by atoms with E-state index >= 15 is 0 Å². The van der Waals surface area contributed by atoms with E-state index in [9.17, 15) is 5.11 Å². The van der Waals surface area contributed by atoms with Crippen LogP contribution in [0.3, 0.4) is 0 Å². The molecular weight excluding hydrogens is 120 g/mol. The van der Waals surface area contributed by atoms with Crippen molar-refractivity contribution in [2.75, 3.05) is 6.61 Å². The summed E-state index contributed by atoms with van der Waals surface area (Å²) in [7, 11) is 0. The Morgan fingerprint density at radius 1 is 1.78 bits per heavy atom. The third-order valence-electron chi connectivity index (χ3n) is 1.83. The van der Waals surface area contributed by atoms with E-state index in [-0.39, 0.29) is 6.10 Å². The third-order valence-corrected chi connectivity index (χ3v) is 1.83. The van der Waals surface area contributed by atoms with Crippen LogP contribution in [0.25, 0.3) is 0 Å².